The van der Waals surface area contributed by atoms with E-state index < -0.39 is 0 Å². The summed E-state index contributed by atoms with van der Waals surface area (Å²) >= 11 is 0. The molecule has 1 heteroatoms. The van der Waals surface area contributed by atoms with Gasteiger partial charge in [0.2, 0.25) is 0 Å². The van der Waals surface area contributed by atoms with E-state index in [1.54, 1.807) is 7.11 Å². The number of hydrogen-bond donors (Lipinski definition) is 0. The van der Waals surface area contributed by atoms with E-state index in [1.807, 2.05) is 0 Å². The minimum absolute atomic E-state index is 0.458. The summed E-state index contributed by atoms with van der Waals surface area (Å²) in [6.45, 7) is 0. The number of methoxy groups -OCH3 is 1. The average Bonchev–Trinajstić information content (AvgIpc) is 2.60. The monoisotopic (exact) mass is 122 g/mol. The summed E-state index contributed by atoms with van der Waals surface area (Å²) in [6, 6.07) is 0. The Morgan fingerprint density at radius 1 is 1.67 bits per heavy atom. The van der Waals surface area contributed by atoms with Gasteiger partial charge in [0, 0.05) is 13.0 Å². The molecule has 2 unspecified atom stereocenters. The lowest BCUT2D eigenvalue weighted by Gasteiger charge is -1.89. The molecular formula is C8H10O. The normalized spacial score (nSPS) is 37.7. The fourth-order valence-corrected chi connectivity index (χ4v) is 1.49. The number of fused-ring (bicyclic) bond motifs is 1. The van der Waals surface area contributed by atoms with Crippen molar-refractivity contribution < 1.29 is 4.74 Å². The van der Waals surface area contributed by atoms with E-state index >= 15 is 0 Å². The molecule has 48 valence electrons. The number of ether oxygens (including phenoxy) is 1. The lowest BCUT2D eigenvalue weighted by atomic mass is 10.2. The predicted molar refractivity (Wildman–Crippen MR) is 36.1 cm³/mol. The maximum absolute atomic E-state index is 5.20. The smallest absolute Gasteiger partial charge is 0.0857 e. The highest BCUT2D eigenvalue weighted by Gasteiger charge is 2.43. The fourth-order valence-electron chi connectivity index (χ4n) is 1.49. The molecule has 1 fully saturated rings. The fraction of sp³-hybridized carbons (Fsp3) is 0.500. The van der Waals surface area contributed by atoms with Gasteiger partial charge in [0.1, 0.15) is 0 Å². The standard InChI is InChI=1S/C8H10O/c1-9-8-6-4-2-3-5-7(6)8/h2-4,7-8H,5H2,1H3. The number of rotatable bonds is 1. The maximum atomic E-state index is 5.20. The van der Waals surface area contributed by atoms with Gasteiger partial charge in [-0.1, -0.05) is 18.2 Å². The molecule has 0 spiro atoms. The largest absolute Gasteiger partial charge is 0.376 e. The van der Waals surface area contributed by atoms with Crippen molar-refractivity contribution in [3.8, 4) is 0 Å². The highest BCUT2D eigenvalue weighted by atomic mass is 16.5. The van der Waals surface area contributed by atoms with E-state index in [0.29, 0.717) is 6.10 Å². The number of hydrogen-bond acceptors (Lipinski definition) is 1. The molecule has 1 nitrogen and oxygen atoms in total. The third-order valence-corrected chi connectivity index (χ3v) is 2.08. The summed E-state index contributed by atoms with van der Waals surface area (Å²) in [7, 11) is 1.78. The van der Waals surface area contributed by atoms with Gasteiger partial charge in [-0.3, -0.25) is 0 Å². The van der Waals surface area contributed by atoms with Crippen molar-refractivity contribution >= 4 is 0 Å². The zero-order valence-electron chi connectivity index (χ0n) is 5.50. The highest BCUT2D eigenvalue weighted by molar-refractivity contribution is 5.39. The van der Waals surface area contributed by atoms with Gasteiger partial charge in [0.05, 0.1) is 6.10 Å². The topological polar surface area (TPSA) is 9.23 Å². The van der Waals surface area contributed by atoms with Crippen molar-refractivity contribution in [3.05, 3.63) is 23.8 Å². The molecule has 2 aliphatic rings. The summed E-state index contributed by atoms with van der Waals surface area (Å²) in [6.07, 6.45) is 8.13. The van der Waals surface area contributed by atoms with Crippen LogP contribution in [0.4, 0.5) is 0 Å². The Balaban J connectivity index is 2.12. The molecule has 2 rings (SSSR count). The lowest BCUT2D eigenvalue weighted by molar-refractivity contribution is 0.176. The van der Waals surface area contributed by atoms with Crippen molar-refractivity contribution in [2.24, 2.45) is 5.92 Å². The van der Waals surface area contributed by atoms with Crippen LogP contribution in [-0.4, -0.2) is 13.2 Å². The van der Waals surface area contributed by atoms with Gasteiger partial charge in [-0.25, -0.2) is 0 Å². The van der Waals surface area contributed by atoms with E-state index in [0.717, 1.165) is 5.92 Å². The first kappa shape index (κ1) is 5.24. The van der Waals surface area contributed by atoms with E-state index in [-0.39, 0.29) is 0 Å². The van der Waals surface area contributed by atoms with Crippen LogP contribution in [0.25, 0.3) is 0 Å². The summed E-state index contributed by atoms with van der Waals surface area (Å²) in [5.41, 5.74) is 1.49. The Morgan fingerprint density at radius 2 is 2.56 bits per heavy atom. The highest BCUT2D eigenvalue weighted by Crippen LogP contribution is 2.45. The molecule has 9 heavy (non-hydrogen) atoms. The molecule has 0 bridgehead atoms. The van der Waals surface area contributed by atoms with Gasteiger partial charge >= 0.3 is 0 Å². The molecule has 0 aromatic heterocycles. The second-order valence-electron chi connectivity index (χ2n) is 2.59. The Hall–Kier alpha value is -0.560. The van der Waals surface area contributed by atoms with E-state index in [1.165, 1.54) is 12.0 Å². The van der Waals surface area contributed by atoms with Crippen LogP contribution in [0.1, 0.15) is 6.42 Å². The SMILES string of the molecule is COC1C2=CC=CCC21. The zero-order chi connectivity index (χ0) is 6.27. The first-order valence-corrected chi connectivity index (χ1v) is 3.33. The molecule has 0 saturated heterocycles. The summed E-state index contributed by atoms with van der Waals surface area (Å²) in [5.74, 6) is 0.736. The molecule has 0 aliphatic heterocycles. The first-order chi connectivity index (χ1) is 4.43. The third kappa shape index (κ3) is 0.648. The molecule has 0 aromatic rings. The third-order valence-electron chi connectivity index (χ3n) is 2.08. The van der Waals surface area contributed by atoms with Gasteiger partial charge in [0.25, 0.3) is 0 Å². The Morgan fingerprint density at radius 3 is 3.11 bits per heavy atom. The molecule has 0 aromatic carbocycles. The lowest BCUT2D eigenvalue weighted by Crippen LogP contribution is -1.88. The van der Waals surface area contributed by atoms with Crippen LogP contribution < -0.4 is 0 Å². The van der Waals surface area contributed by atoms with Crippen molar-refractivity contribution in [3.63, 3.8) is 0 Å². The quantitative estimate of drug-likeness (QED) is 0.512. The van der Waals surface area contributed by atoms with Crippen molar-refractivity contribution in [1.82, 2.24) is 0 Å². The van der Waals surface area contributed by atoms with Crippen molar-refractivity contribution in [1.29, 1.82) is 0 Å². The Bertz CT molecular complexity index is 173. The summed E-state index contributed by atoms with van der Waals surface area (Å²) in [5, 5.41) is 0. The number of allylic oxidation sites excluding steroid dienone is 3. The minimum Gasteiger partial charge on any atom is -0.376 e. The maximum Gasteiger partial charge on any atom is 0.0857 e. The van der Waals surface area contributed by atoms with Gasteiger partial charge in [-0.05, 0) is 12.0 Å². The van der Waals surface area contributed by atoms with E-state index in [2.05, 4.69) is 18.2 Å². The molecule has 1 saturated carbocycles. The van der Waals surface area contributed by atoms with Crippen LogP contribution in [0.5, 0.6) is 0 Å². The van der Waals surface area contributed by atoms with Crippen LogP contribution in [0.3, 0.4) is 0 Å². The van der Waals surface area contributed by atoms with Gasteiger partial charge in [-0.15, -0.1) is 0 Å². The van der Waals surface area contributed by atoms with E-state index in [9.17, 15) is 0 Å². The molecule has 2 atom stereocenters. The minimum atomic E-state index is 0.458. The van der Waals surface area contributed by atoms with Crippen molar-refractivity contribution in [2.75, 3.05) is 7.11 Å². The van der Waals surface area contributed by atoms with Crippen LogP contribution in [0.15, 0.2) is 23.8 Å². The van der Waals surface area contributed by atoms with Crippen LogP contribution in [0.2, 0.25) is 0 Å². The zero-order valence-corrected chi connectivity index (χ0v) is 5.50. The average molecular weight is 122 g/mol. The molecule has 2 aliphatic carbocycles. The molecule has 0 radical (unpaired) electrons. The Labute approximate surface area is 55.0 Å². The second kappa shape index (κ2) is 1.71. The molecule has 0 heterocycles. The van der Waals surface area contributed by atoms with E-state index in [4.69, 9.17) is 4.74 Å². The first-order valence-electron chi connectivity index (χ1n) is 3.33. The summed E-state index contributed by atoms with van der Waals surface area (Å²) < 4.78 is 5.20. The predicted octanol–water partition coefficient (Wildman–Crippen LogP) is 1.52. The van der Waals surface area contributed by atoms with Crippen LogP contribution in [0, 0.1) is 5.92 Å². The van der Waals surface area contributed by atoms with Crippen LogP contribution >= 0.6 is 0 Å². The van der Waals surface area contributed by atoms with Gasteiger partial charge < -0.3 is 4.74 Å². The second-order valence-corrected chi connectivity index (χ2v) is 2.59. The molecular weight excluding hydrogens is 112 g/mol. The molecule has 0 N–H and O–H groups in total. The van der Waals surface area contributed by atoms with Gasteiger partial charge in [0.15, 0.2) is 0 Å². The Kier molecular flexibility index (Phi) is 0.995. The van der Waals surface area contributed by atoms with Crippen molar-refractivity contribution in [2.45, 2.75) is 12.5 Å². The van der Waals surface area contributed by atoms with Crippen LogP contribution in [-0.2, 0) is 4.74 Å². The molecule has 0 amide bonds. The summed E-state index contributed by atoms with van der Waals surface area (Å²) in [4.78, 5) is 0. The van der Waals surface area contributed by atoms with Gasteiger partial charge in [-0.2, -0.15) is 0 Å².